The Morgan fingerprint density at radius 3 is 2.69 bits per heavy atom. The standard InChI is InChI=1S/C13H16O3/c1-2-15-12(14)13(10-16-13)9-8-11-6-4-3-5-7-11/h3-7H,2,8-10H2,1H3. The van der Waals surface area contributed by atoms with Gasteiger partial charge in [-0.15, -0.1) is 0 Å². The third-order valence-corrected chi connectivity index (χ3v) is 2.80. The summed E-state index contributed by atoms with van der Waals surface area (Å²) in [5.41, 5.74) is 0.577. The molecule has 1 aromatic carbocycles. The van der Waals surface area contributed by atoms with Gasteiger partial charge in [0.2, 0.25) is 0 Å². The maximum absolute atomic E-state index is 11.6. The molecule has 2 rings (SSSR count). The molecule has 1 aliphatic heterocycles. The fourth-order valence-electron chi connectivity index (χ4n) is 1.70. The van der Waals surface area contributed by atoms with E-state index in [0.29, 0.717) is 19.6 Å². The number of epoxide rings is 1. The lowest BCUT2D eigenvalue weighted by Crippen LogP contribution is -2.27. The van der Waals surface area contributed by atoms with Crippen LogP contribution < -0.4 is 0 Å². The molecule has 1 heterocycles. The molecule has 0 aromatic heterocycles. The van der Waals surface area contributed by atoms with Crippen LogP contribution in [0.4, 0.5) is 0 Å². The van der Waals surface area contributed by atoms with Crippen molar-refractivity contribution in [2.45, 2.75) is 25.4 Å². The summed E-state index contributed by atoms with van der Waals surface area (Å²) in [5.74, 6) is -0.217. The van der Waals surface area contributed by atoms with Gasteiger partial charge in [-0.25, -0.2) is 4.79 Å². The van der Waals surface area contributed by atoms with E-state index >= 15 is 0 Å². The lowest BCUT2D eigenvalue weighted by atomic mass is 10.0. The zero-order valence-corrected chi connectivity index (χ0v) is 9.44. The highest BCUT2D eigenvalue weighted by Gasteiger charge is 2.53. The molecule has 86 valence electrons. The van der Waals surface area contributed by atoms with E-state index in [1.165, 1.54) is 5.56 Å². The Labute approximate surface area is 95.4 Å². The Hall–Kier alpha value is -1.35. The number of rotatable bonds is 5. The second kappa shape index (κ2) is 4.66. The number of carbonyl (C=O) groups excluding carboxylic acids is 1. The second-order valence-electron chi connectivity index (χ2n) is 3.99. The third-order valence-electron chi connectivity index (χ3n) is 2.80. The number of benzene rings is 1. The number of esters is 1. The summed E-state index contributed by atoms with van der Waals surface area (Å²) in [5, 5.41) is 0. The molecule has 0 radical (unpaired) electrons. The SMILES string of the molecule is CCOC(=O)C1(CCc2ccccc2)CO1. The predicted molar refractivity (Wildman–Crippen MR) is 60.1 cm³/mol. The zero-order chi connectivity index (χ0) is 11.4. The Balaban J connectivity index is 1.88. The van der Waals surface area contributed by atoms with E-state index in [4.69, 9.17) is 9.47 Å². The smallest absolute Gasteiger partial charge is 0.340 e. The monoisotopic (exact) mass is 220 g/mol. The van der Waals surface area contributed by atoms with Crippen molar-refractivity contribution >= 4 is 5.97 Å². The predicted octanol–water partition coefficient (Wildman–Crippen LogP) is 1.95. The molecular formula is C13H16O3. The van der Waals surface area contributed by atoms with Crippen molar-refractivity contribution in [1.82, 2.24) is 0 Å². The molecule has 0 saturated carbocycles. The fourth-order valence-corrected chi connectivity index (χ4v) is 1.70. The summed E-state index contributed by atoms with van der Waals surface area (Å²) in [7, 11) is 0. The third kappa shape index (κ3) is 2.42. The van der Waals surface area contributed by atoms with Gasteiger partial charge in [0.1, 0.15) is 0 Å². The van der Waals surface area contributed by atoms with Crippen molar-refractivity contribution in [2.75, 3.05) is 13.2 Å². The van der Waals surface area contributed by atoms with Crippen molar-refractivity contribution in [3.8, 4) is 0 Å². The van der Waals surface area contributed by atoms with E-state index in [0.717, 1.165) is 6.42 Å². The first-order chi connectivity index (χ1) is 7.77. The van der Waals surface area contributed by atoms with Gasteiger partial charge in [0, 0.05) is 0 Å². The van der Waals surface area contributed by atoms with Crippen LogP contribution in [0.5, 0.6) is 0 Å². The topological polar surface area (TPSA) is 38.8 Å². The Morgan fingerprint density at radius 1 is 1.44 bits per heavy atom. The number of carbonyl (C=O) groups is 1. The Kier molecular flexibility index (Phi) is 3.25. The number of aryl methyl sites for hydroxylation is 1. The first-order valence-corrected chi connectivity index (χ1v) is 5.62. The average molecular weight is 220 g/mol. The molecule has 0 bridgehead atoms. The van der Waals surface area contributed by atoms with E-state index in [1.807, 2.05) is 25.1 Å². The Morgan fingerprint density at radius 2 is 2.12 bits per heavy atom. The maximum Gasteiger partial charge on any atom is 0.340 e. The molecule has 0 aliphatic carbocycles. The summed E-state index contributed by atoms with van der Waals surface area (Å²) in [4.78, 5) is 11.6. The summed E-state index contributed by atoms with van der Waals surface area (Å²) in [6.07, 6.45) is 1.55. The van der Waals surface area contributed by atoms with Gasteiger partial charge in [-0.1, -0.05) is 30.3 Å². The highest BCUT2D eigenvalue weighted by atomic mass is 16.6. The van der Waals surface area contributed by atoms with Crippen LogP contribution in [-0.4, -0.2) is 24.8 Å². The minimum atomic E-state index is -0.647. The summed E-state index contributed by atoms with van der Waals surface area (Å²) in [6.45, 7) is 2.72. The Bertz CT molecular complexity index is 355. The van der Waals surface area contributed by atoms with Gasteiger partial charge in [-0.3, -0.25) is 0 Å². The van der Waals surface area contributed by atoms with Gasteiger partial charge in [0.15, 0.2) is 5.60 Å². The molecule has 0 amide bonds. The average Bonchev–Trinajstić information content (AvgIpc) is 3.09. The second-order valence-corrected chi connectivity index (χ2v) is 3.99. The van der Waals surface area contributed by atoms with Gasteiger partial charge in [0.25, 0.3) is 0 Å². The lowest BCUT2D eigenvalue weighted by molar-refractivity contribution is -0.149. The quantitative estimate of drug-likeness (QED) is 0.562. The fraction of sp³-hybridized carbons (Fsp3) is 0.462. The van der Waals surface area contributed by atoms with Gasteiger partial charge in [-0.2, -0.15) is 0 Å². The number of hydrogen-bond acceptors (Lipinski definition) is 3. The molecule has 1 unspecified atom stereocenters. The van der Waals surface area contributed by atoms with E-state index < -0.39 is 5.60 Å². The summed E-state index contributed by atoms with van der Waals surface area (Å²) >= 11 is 0. The highest BCUT2D eigenvalue weighted by molar-refractivity contribution is 5.82. The van der Waals surface area contributed by atoms with Crippen LogP contribution in [0.3, 0.4) is 0 Å². The van der Waals surface area contributed by atoms with Crippen molar-refractivity contribution in [3.05, 3.63) is 35.9 Å². The summed E-state index contributed by atoms with van der Waals surface area (Å²) < 4.78 is 10.3. The van der Waals surface area contributed by atoms with Crippen LogP contribution in [0.25, 0.3) is 0 Å². The van der Waals surface area contributed by atoms with E-state index in [9.17, 15) is 4.79 Å². The van der Waals surface area contributed by atoms with Crippen molar-refractivity contribution in [3.63, 3.8) is 0 Å². The van der Waals surface area contributed by atoms with Crippen LogP contribution in [0, 0.1) is 0 Å². The molecule has 3 nitrogen and oxygen atoms in total. The first-order valence-electron chi connectivity index (χ1n) is 5.62. The van der Waals surface area contributed by atoms with Gasteiger partial charge in [0.05, 0.1) is 13.2 Å². The van der Waals surface area contributed by atoms with Crippen molar-refractivity contribution in [1.29, 1.82) is 0 Å². The van der Waals surface area contributed by atoms with E-state index in [-0.39, 0.29) is 5.97 Å². The molecular weight excluding hydrogens is 204 g/mol. The van der Waals surface area contributed by atoms with Crippen LogP contribution in [0.1, 0.15) is 18.9 Å². The van der Waals surface area contributed by atoms with E-state index in [1.54, 1.807) is 0 Å². The van der Waals surface area contributed by atoms with Gasteiger partial charge in [-0.05, 0) is 25.3 Å². The minimum absolute atomic E-state index is 0.217. The van der Waals surface area contributed by atoms with Gasteiger partial charge < -0.3 is 9.47 Å². The largest absolute Gasteiger partial charge is 0.464 e. The van der Waals surface area contributed by atoms with Crippen LogP contribution in [0.15, 0.2) is 30.3 Å². The molecule has 1 aromatic rings. The lowest BCUT2D eigenvalue weighted by Gasteiger charge is -2.10. The minimum Gasteiger partial charge on any atom is -0.464 e. The molecule has 1 fully saturated rings. The van der Waals surface area contributed by atoms with E-state index in [2.05, 4.69) is 12.1 Å². The number of hydrogen-bond donors (Lipinski definition) is 0. The van der Waals surface area contributed by atoms with Crippen molar-refractivity contribution in [2.24, 2.45) is 0 Å². The van der Waals surface area contributed by atoms with Gasteiger partial charge >= 0.3 is 5.97 Å². The highest BCUT2D eigenvalue weighted by Crippen LogP contribution is 2.33. The molecule has 1 saturated heterocycles. The molecule has 0 spiro atoms. The number of ether oxygens (including phenoxy) is 2. The molecule has 1 atom stereocenters. The van der Waals surface area contributed by atoms with Crippen LogP contribution in [-0.2, 0) is 20.7 Å². The first kappa shape index (κ1) is 11.1. The molecule has 16 heavy (non-hydrogen) atoms. The zero-order valence-electron chi connectivity index (χ0n) is 9.44. The van der Waals surface area contributed by atoms with Crippen LogP contribution in [0.2, 0.25) is 0 Å². The molecule has 3 heteroatoms. The normalized spacial score (nSPS) is 22.8. The van der Waals surface area contributed by atoms with Crippen LogP contribution >= 0.6 is 0 Å². The summed E-state index contributed by atoms with van der Waals surface area (Å²) in [6, 6.07) is 10.1. The molecule has 1 aliphatic rings. The molecule has 0 N–H and O–H groups in total. The van der Waals surface area contributed by atoms with Crippen molar-refractivity contribution < 1.29 is 14.3 Å². The maximum atomic E-state index is 11.6.